The smallest absolute Gasteiger partial charge is 0.306 e. The van der Waals surface area contributed by atoms with Gasteiger partial charge in [0.2, 0.25) is 0 Å². The van der Waals surface area contributed by atoms with Crippen LogP contribution < -0.4 is 5.32 Å². The first-order valence-electron chi connectivity index (χ1n) is 7.19. The van der Waals surface area contributed by atoms with Crippen molar-refractivity contribution < 1.29 is 10.0 Å². The van der Waals surface area contributed by atoms with Crippen LogP contribution in [0.3, 0.4) is 0 Å². The molecule has 1 heterocycles. The highest BCUT2D eigenvalue weighted by Gasteiger charge is 2.12. The average molecular weight is 299 g/mol. The monoisotopic (exact) mass is 299 g/mol. The second-order valence-corrected chi connectivity index (χ2v) is 5.27. The Hall–Kier alpha value is -1.51. The van der Waals surface area contributed by atoms with Crippen molar-refractivity contribution in [1.82, 2.24) is 20.0 Å². The van der Waals surface area contributed by atoms with Gasteiger partial charge < -0.3 is 15.3 Å². The number of rotatable bonds is 10. The van der Waals surface area contributed by atoms with E-state index in [-0.39, 0.29) is 12.2 Å². The zero-order chi connectivity index (χ0) is 15.8. The van der Waals surface area contributed by atoms with Crippen LogP contribution >= 0.6 is 0 Å². The minimum Gasteiger partial charge on any atom is -0.390 e. The van der Waals surface area contributed by atoms with Gasteiger partial charge in [0.15, 0.2) is 0 Å². The Balaban J connectivity index is 2.21. The Kier molecular flexibility index (Phi) is 7.27. The van der Waals surface area contributed by atoms with Crippen LogP contribution in [0.15, 0.2) is 12.4 Å². The van der Waals surface area contributed by atoms with Crippen LogP contribution in [0, 0.1) is 10.1 Å². The van der Waals surface area contributed by atoms with E-state index in [1.807, 2.05) is 0 Å². The summed E-state index contributed by atoms with van der Waals surface area (Å²) in [6.45, 7) is 6.71. The molecule has 120 valence electrons. The Morgan fingerprint density at radius 3 is 2.90 bits per heavy atom. The summed E-state index contributed by atoms with van der Waals surface area (Å²) in [6, 6.07) is 0.543. The molecular weight excluding hydrogens is 274 g/mol. The summed E-state index contributed by atoms with van der Waals surface area (Å²) in [6.07, 6.45) is 2.98. The summed E-state index contributed by atoms with van der Waals surface area (Å²) in [4.78, 5) is 12.3. The summed E-state index contributed by atoms with van der Waals surface area (Å²) in [7, 11) is 2.08. The molecule has 0 radical (unpaired) electrons. The minimum absolute atomic E-state index is 0.0645. The van der Waals surface area contributed by atoms with Crippen molar-refractivity contribution in [1.29, 1.82) is 0 Å². The molecule has 0 spiro atoms. The van der Waals surface area contributed by atoms with Crippen molar-refractivity contribution in [2.24, 2.45) is 0 Å². The predicted molar refractivity (Wildman–Crippen MR) is 80.1 cm³/mol. The zero-order valence-electron chi connectivity index (χ0n) is 12.9. The molecule has 0 aliphatic carbocycles. The topological polar surface area (TPSA) is 96.5 Å². The molecule has 1 aromatic rings. The fraction of sp³-hybridized carbons (Fsp3) is 0.769. The van der Waals surface area contributed by atoms with Crippen LogP contribution in [0.25, 0.3) is 0 Å². The molecule has 1 aromatic heterocycles. The highest BCUT2D eigenvalue weighted by Crippen LogP contribution is 2.07. The molecule has 0 amide bonds. The number of nitrogens with one attached hydrogen (secondary N) is 1. The van der Waals surface area contributed by atoms with E-state index in [2.05, 4.69) is 36.2 Å². The first-order valence-corrected chi connectivity index (χ1v) is 7.19. The van der Waals surface area contributed by atoms with E-state index in [1.165, 1.54) is 17.1 Å². The quantitative estimate of drug-likeness (QED) is 0.370. The summed E-state index contributed by atoms with van der Waals surface area (Å²) >= 11 is 0. The van der Waals surface area contributed by atoms with Crippen molar-refractivity contribution in [3.63, 3.8) is 0 Å². The SMILES string of the molecule is CCC(C)N(C)CCNCC(O)Cn1cc([N+](=O)[O-])cn1. The highest BCUT2D eigenvalue weighted by atomic mass is 16.6. The van der Waals surface area contributed by atoms with Gasteiger partial charge in [-0.05, 0) is 20.4 Å². The van der Waals surface area contributed by atoms with E-state index in [1.54, 1.807) is 0 Å². The summed E-state index contributed by atoms with van der Waals surface area (Å²) in [5.41, 5.74) is -0.0645. The molecule has 0 aromatic carbocycles. The number of nitrogens with zero attached hydrogens (tertiary/aromatic N) is 4. The lowest BCUT2D eigenvalue weighted by molar-refractivity contribution is -0.385. The van der Waals surface area contributed by atoms with E-state index < -0.39 is 11.0 Å². The van der Waals surface area contributed by atoms with E-state index in [0.717, 1.165) is 19.5 Å². The fourth-order valence-corrected chi connectivity index (χ4v) is 1.88. The molecule has 8 heteroatoms. The molecule has 0 bridgehead atoms. The summed E-state index contributed by atoms with van der Waals surface area (Å²) in [5.74, 6) is 0. The molecular formula is C13H25N5O3. The van der Waals surface area contributed by atoms with Crippen molar-refractivity contribution in [3.8, 4) is 0 Å². The largest absolute Gasteiger partial charge is 0.390 e. The van der Waals surface area contributed by atoms with Gasteiger partial charge in [-0.3, -0.25) is 14.8 Å². The molecule has 0 aliphatic rings. The Labute approximate surface area is 124 Å². The molecule has 2 atom stereocenters. The van der Waals surface area contributed by atoms with Crippen LogP contribution in [0.5, 0.6) is 0 Å². The first-order chi connectivity index (χ1) is 9.93. The second kappa shape index (κ2) is 8.71. The molecule has 1 rings (SSSR count). The van der Waals surface area contributed by atoms with Gasteiger partial charge in [-0.1, -0.05) is 6.92 Å². The zero-order valence-corrected chi connectivity index (χ0v) is 12.9. The molecule has 0 saturated heterocycles. The van der Waals surface area contributed by atoms with Gasteiger partial charge in [0.1, 0.15) is 12.4 Å². The number of hydrogen-bond acceptors (Lipinski definition) is 6. The van der Waals surface area contributed by atoms with Crippen LogP contribution in [-0.4, -0.2) is 63.5 Å². The Bertz CT molecular complexity index is 437. The molecule has 8 nitrogen and oxygen atoms in total. The third kappa shape index (κ3) is 6.19. The predicted octanol–water partition coefficient (Wildman–Crippen LogP) is 0.472. The molecule has 2 N–H and O–H groups in total. The van der Waals surface area contributed by atoms with Gasteiger partial charge >= 0.3 is 5.69 Å². The maximum atomic E-state index is 10.5. The van der Waals surface area contributed by atoms with Crippen molar-refractivity contribution >= 4 is 5.69 Å². The molecule has 0 aliphatic heterocycles. The highest BCUT2D eigenvalue weighted by molar-refractivity contribution is 5.20. The lowest BCUT2D eigenvalue weighted by atomic mass is 10.2. The van der Waals surface area contributed by atoms with Gasteiger partial charge in [0.25, 0.3) is 0 Å². The number of nitro groups is 1. The normalized spacial score (nSPS) is 14.3. The maximum Gasteiger partial charge on any atom is 0.306 e. The molecule has 0 saturated carbocycles. The van der Waals surface area contributed by atoms with Gasteiger partial charge in [-0.2, -0.15) is 5.10 Å². The summed E-state index contributed by atoms with van der Waals surface area (Å²) in [5, 5.41) is 27.4. The minimum atomic E-state index is -0.626. The number of aromatic nitrogens is 2. The van der Waals surface area contributed by atoms with Gasteiger partial charge in [0.05, 0.1) is 17.6 Å². The average Bonchev–Trinajstić information content (AvgIpc) is 2.91. The molecule has 0 fully saturated rings. The van der Waals surface area contributed by atoms with Crippen LogP contribution in [0.1, 0.15) is 20.3 Å². The summed E-state index contributed by atoms with van der Waals surface area (Å²) < 4.78 is 1.38. The van der Waals surface area contributed by atoms with E-state index in [4.69, 9.17) is 0 Å². The first kappa shape index (κ1) is 17.5. The lowest BCUT2D eigenvalue weighted by Gasteiger charge is -2.23. The maximum absolute atomic E-state index is 10.5. The number of hydrogen-bond donors (Lipinski definition) is 2. The lowest BCUT2D eigenvalue weighted by Crippen LogP contribution is -2.38. The molecule has 2 unspecified atom stereocenters. The van der Waals surface area contributed by atoms with Crippen LogP contribution in [0.2, 0.25) is 0 Å². The number of likely N-dealkylation sites (N-methyl/N-ethyl adjacent to an activating group) is 1. The van der Waals surface area contributed by atoms with E-state index in [9.17, 15) is 15.2 Å². The third-order valence-electron chi connectivity index (χ3n) is 3.59. The van der Waals surface area contributed by atoms with E-state index in [0.29, 0.717) is 12.6 Å². The number of aliphatic hydroxyl groups excluding tert-OH is 1. The van der Waals surface area contributed by atoms with Crippen molar-refractivity contribution in [2.45, 2.75) is 39.0 Å². The Morgan fingerprint density at radius 2 is 2.33 bits per heavy atom. The number of aliphatic hydroxyl groups is 1. The van der Waals surface area contributed by atoms with Crippen molar-refractivity contribution in [2.75, 3.05) is 26.7 Å². The fourth-order valence-electron chi connectivity index (χ4n) is 1.88. The van der Waals surface area contributed by atoms with E-state index >= 15 is 0 Å². The Morgan fingerprint density at radius 1 is 1.62 bits per heavy atom. The van der Waals surface area contributed by atoms with Crippen LogP contribution in [0.4, 0.5) is 5.69 Å². The van der Waals surface area contributed by atoms with Crippen LogP contribution in [-0.2, 0) is 6.54 Å². The van der Waals surface area contributed by atoms with Gasteiger partial charge in [0, 0.05) is 25.7 Å². The standard InChI is InChI=1S/C13H25N5O3/c1-4-11(2)16(3)6-5-14-8-13(19)10-17-9-12(7-15-17)18(20)21/h7,9,11,13-14,19H,4-6,8,10H2,1-3H3. The third-order valence-corrected chi connectivity index (χ3v) is 3.59. The van der Waals surface area contributed by atoms with Gasteiger partial charge in [-0.25, -0.2) is 0 Å². The van der Waals surface area contributed by atoms with Gasteiger partial charge in [-0.15, -0.1) is 0 Å². The molecule has 21 heavy (non-hydrogen) atoms. The van der Waals surface area contributed by atoms with Crippen molar-refractivity contribution in [3.05, 3.63) is 22.5 Å². The second-order valence-electron chi connectivity index (χ2n) is 5.27.